The first kappa shape index (κ1) is 23.8. The Balaban J connectivity index is 2.99. The minimum atomic E-state index is -4.67. The summed E-state index contributed by atoms with van der Waals surface area (Å²) >= 11 is 0. The molecule has 7 heteroatoms. The summed E-state index contributed by atoms with van der Waals surface area (Å²) in [5.74, 6) is -1.77. The van der Waals surface area contributed by atoms with Crippen molar-refractivity contribution in [2.45, 2.75) is 99.0 Å². The van der Waals surface area contributed by atoms with Crippen LogP contribution in [0.5, 0.6) is 0 Å². The molecule has 1 aliphatic rings. The van der Waals surface area contributed by atoms with Gasteiger partial charge in [0, 0.05) is 0 Å². The number of esters is 2. The summed E-state index contributed by atoms with van der Waals surface area (Å²) in [4.78, 5) is 25.3. The fraction of sp³-hybridized carbons (Fsp3) is 0.900. The second-order valence-electron chi connectivity index (χ2n) is 9.58. The van der Waals surface area contributed by atoms with Crippen molar-refractivity contribution in [3.63, 3.8) is 0 Å². The van der Waals surface area contributed by atoms with Crippen LogP contribution in [-0.2, 0) is 19.1 Å². The van der Waals surface area contributed by atoms with Gasteiger partial charge in [-0.3, -0.25) is 4.79 Å². The van der Waals surface area contributed by atoms with Gasteiger partial charge in [0.05, 0.1) is 5.41 Å². The number of hydrogen-bond donors (Lipinski definition) is 0. The van der Waals surface area contributed by atoms with Crippen molar-refractivity contribution in [2.24, 2.45) is 16.2 Å². The molecule has 1 saturated carbocycles. The fourth-order valence-corrected chi connectivity index (χ4v) is 3.11. The zero-order valence-electron chi connectivity index (χ0n) is 17.7. The highest BCUT2D eigenvalue weighted by molar-refractivity contribution is 5.85. The van der Waals surface area contributed by atoms with E-state index in [1.165, 1.54) is 13.8 Å². The van der Waals surface area contributed by atoms with E-state index in [9.17, 15) is 22.8 Å². The van der Waals surface area contributed by atoms with Crippen molar-refractivity contribution in [3.05, 3.63) is 0 Å². The Morgan fingerprint density at radius 3 is 1.89 bits per heavy atom. The van der Waals surface area contributed by atoms with Gasteiger partial charge in [-0.05, 0) is 57.8 Å². The van der Waals surface area contributed by atoms with E-state index < -0.39 is 35.2 Å². The summed E-state index contributed by atoms with van der Waals surface area (Å²) < 4.78 is 47.9. The molecular weight excluding hydrogens is 361 g/mol. The number of alkyl halides is 3. The zero-order valence-corrected chi connectivity index (χ0v) is 17.7. The second kappa shape index (κ2) is 7.28. The first-order valence-electron chi connectivity index (χ1n) is 9.41. The number of hydrogen-bond acceptors (Lipinski definition) is 4. The van der Waals surface area contributed by atoms with Gasteiger partial charge in [-0.2, -0.15) is 13.2 Å². The maximum atomic E-state index is 13.1. The maximum Gasteiger partial charge on any atom is 0.425 e. The van der Waals surface area contributed by atoms with Gasteiger partial charge >= 0.3 is 18.1 Å². The Morgan fingerprint density at radius 1 is 1.04 bits per heavy atom. The molecule has 4 nitrogen and oxygen atoms in total. The van der Waals surface area contributed by atoms with E-state index in [0.717, 1.165) is 26.2 Å². The smallest absolute Gasteiger partial charge is 0.425 e. The van der Waals surface area contributed by atoms with Crippen LogP contribution in [0, 0.1) is 16.2 Å². The van der Waals surface area contributed by atoms with Crippen LogP contribution in [-0.4, -0.2) is 29.8 Å². The summed E-state index contributed by atoms with van der Waals surface area (Å²) in [7, 11) is 0. The third kappa shape index (κ3) is 5.38. The van der Waals surface area contributed by atoms with E-state index >= 15 is 0 Å². The number of ether oxygens (including phenoxy) is 2. The van der Waals surface area contributed by atoms with E-state index in [1.54, 1.807) is 0 Å². The molecule has 0 aromatic heterocycles. The first-order valence-corrected chi connectivity index (χ1v) is 9.41. The molecule has 0 spiro atoms. The molecule has 1 rings (SSSR count). The third-order valence-corrected chi connectivity index (χ3v) is 6.16. The summed E-state index contributed by atoms with van der Waals surface area (Å²) in [5, 5.41) is 0. The molecule has 0 bridgehead atoms. The molecule has 2 unspecified atom stereocenters. The SMILES string of the molecule is CCC(C)(C)CC(C)(C(=O)OC(C)(C)C(=O)OC(C)C(F)(F)F)C1(C)CC1. The molecule has 2 atom stereocenters. The van der Waals surface area contributed by atoms with Crippen LogP contribution in [0.3, 0.4) is 0 Å². The Bertz CT molecular complexity index is 576. The van der Waals surface area contributed by atoms with Crippen LogP contribution < -0.4 is 0 Å². The van der Waals surface area contributed by atoms with Crippen molar-refractivity contribution >= 4 is 11.9 Å². The van der Waals surface area contributed by atoms with Crippen molar-refractivity contribution in [1.29, 1.82) is 0 Å². The topological polar surface area (TPSA) is 52.6 Å². The molecule has 1 aliphatic carbocycles. The van der Waals surface area contributed by atoms with E-state index in [2.05, 4.69) is 18.6 Å². The Morgan fingerprint density at radius 2 is 1.52 bits per heavy atom. The van der Waals surface area contributed by atoms with Gasteiger partial charge in [0.1, 0.15) is 0 Å². The lowest BCUT2D eigenvalue weighted by molar-refractivity contribution is -0.227. The van der Waals surface area contributed by atoms with Gasteiger partial charge in [-0.15, -0.1) is 0 Å². The summed E-state index contributed by atoms with van der Waals surface area (Å²) in [5.41, 5.74) is -3.00. The van der Waals surface area contributed by atoms with Crippen molar-refractivity contribution < 1.29 is 32.2 Å². The van der Waals surface area contributed by atoms with Crippen molar-refractivity contribution in [3.8, 4) is 0 Å². The van der Waals surface area contributed by atoms with Crippen LogP contribution in [0.2, 0.25) is 0 Å². The normalized spacial score (nSPS) is 20.4. The van der Waals surface area contributed by atoms with E-state index in [-0.39, 0.29) is 10.8 Å². The Hall–Kier alpha value is -1.27. The molecule has 0 aromatic rings. The van der Waals surface area contributed by atoms with Gasteiger partial charge in [0.2, 0.25) is 5.60 Å². The molecule has 0 heterocycles. The lowest BCUT2D eigenvalue weighted by Crippen LogP contribution is -2.48. The monoisotopic (exact) mass is 394 g/mol. The quantitative estimate of drug-likeness (QED) is 0.515. The predicted molar refractivity (Wildman–Crippen MR) is 95.9 cm³/mol. The molecule has 0 saturated heterocycles. The van der Waals surface area contributed by atoms with Crippen LogP contribution in [0.25, 0.3) is 0 Å². The van der Waals surface area contributed by atoms with Gasteiger partial charge in [0.25, 0.3) is 0 Å². The number of carbonyl (C=O) groups excluding carboxylic acids is 2. The minimum absolute atomic E-state index is 0.116. The molecule has 27 heavy (non-hydrogen) atoms. The maximum absolute atomic E-state index is 13.1. The third-order valence-electron chi connectivity index (χ3n) is 6.16. The zero-order chi connectivity index (χ0) is 21.5. The predicted octanol–water partition coefficient (Wildman–Crippen LogP) is 5.43. The summed E-state index contributed by atoms with van der Waals surface area (Å²) in [6.07, 6.45) is -3.77. The number of rotatable bonds is 8. The molecular formula is C20H33F3O4. The van der Waals surface area contributed by atoms with Gasteiger partial charge in [-0.1, -0.05) is 34.1 Å². The summed E-state index contributed by atoms with van der Waals surface area (Å²) in [6.45, 7) is 13.3. The molecule has 0 aliphatic heterocycles. The first-order chi connectivity index (χ1) is 11.9. The van der Waals surface area contributed by atoms with Gasteiger partial charge in [-0.25, -0.2) is 4.79 Å². The van der Waals surface area contributed by atoms with E-state index in [4.69, 9.17) is 4.74 Å². The van der Waals surface area contributed by atoms with Crippen LogP contribution in [0.15, 0.2) is 0 Å². The van der Waals surface area contributed by atoms with Crippen molar-refractivity contribution in [1.82, 2.24) is 0 Å². The van der Waals surface area contributed by atoms with E-state index in [0.29, 0.717) is 6.42 Å². The number of carbonyl (C=O) groups is 2. The molecule has 0 N–H and O–H groups in total. The number of halogens is 3. The average Bonchev–Trinajstić information content (AvgIpc) is 3.24. The van der Waals surface area contributed by atoms with Crippen LogP contribution >= 0.6 is 0 Å². The van der Waals surface area contributed by atoms with Crippen molar-refractivity contribution in [2.75, 3.05) is 0 Å². The highest BCUT2D eigenvalue weighted by Gasteiger charge is 2.60. The average molecular weight is 394 g/mol. The Kier molecular flexibility index (Phi) is 6.41. The minimum Gasteiger partial charge on any atom is -0.450 e. The van der Waals surface area contributed by atoms with Gasteiger partial charge < -0.3 is 9.47 Å². The molecule has 158 valence electrons. The van der Waals surface area contributed by atoms with Crippen LogP contribution in [0.4, 0.5) is 13.2 Å². The second-order valence-corrected chi connectivity index (χ2v) is 9.58. The lowest BCUT2D eigenvalue weighted by Gasteiger charge is -2.41. The molecule has 1 fully saturated rings. The lowest BCUT2D eigenvalue weighted by atomic mass is 9.65. The molecule has 0 amide bonds. The summed E-state index contributed by atoms with van der Waals surface area (Å²) in [6, 6.07) is 0. The fourth-order valence-electron chi connectivity index (χ4n) is 3.11. The molecule has 0 aromatic carbocycles. The van der Waals surface area contributed by atoms with Gasteiger partial charge in [0.15, 0.2) is 6.10 Å². The standard InChI is InChI=1S/C20H33F3O4/c1-9-16(3,4)12-19(8,18(7)10-11-18)15(25)27-17(5,6)14(24)26-13(2)20(21,22)23/h13H,9-12H2,1-8H3. The van der Waals surface area contributed by atoms with E-state index in [1.807, 2.05) is 20.8 Å². The van der Waals surface area contributed by atoms with Crippen LogP contribution in [0.1, 0.15) is 81.1 Å². The molecule has 0 radical (unpaired) electrons. The largest absolute Gasteiger partial charge is 0.450 e. The Labute approximate surface area is 160 Å². The highest BCUT2D eigenvalue weighted by Crippen LogP contribution is 2.62. The highest BCUT2D eigenvalue weighted by atomic mass is 19.4.